The van der Waals surface area contributed by atoms with Crippen molar-refractivity contribution in [3.05, 3.63) is 63.9 Å². The zero-order valence-corrected chi connectivity index (χ0v) is 16.3. The van der Waals surface area contributed by atoms with E-state index in [0.29, 0.717) is 24.6 Å². The lowest BCUT2D eigenvalue weighted by atomic mass is 10.1. The Balaban J connectivity index is 1.87. The number of aromatic amines is 1. The lowest BCUT2D eigenvalue weighted by Gasteiger charge is -2.24. The minimum absolute atomic E-state index is 0.0230. The molecule has 130 valence electrons. The topological polar surface area (TPSA) is 49.0 Å². The fourth-order valence-electron chi connectivity index (χ4n) is 2.83. The van der Waals surface area contributed by atoms with Gasteiger partial charge in [-0.15, -0.1) is 0 Å². The number of hydrogen-bond acceptors (Lipinski definition) is 2. The molecule has 0 bridgehead atoms. The molecule has 4 nitrogen and oxygen atoms in total. The highest BCUT2D eigenvalue weighted by Gasteiger charge is 2.19. The molecule has 1 heterocycles. The van der Waals surface area contributed by atoms with Crippen LogP contribution in [0.3, 0.4) is 0 Å². The summed E-state index contributed by atoms with van der Waals surface area (Å²) < 4.78 is 0.951. The summed E-state index contributed by atoms with van der Waals surface area (Å²) >= 11 is 3.52. The van der Waals surface area contributed by atoms with E-state index in [1.54, 1.807) is 0 Å². The quantitative estimate of drug-likeness (QED) is 0.660. The number of H-pyrrole nitrogens is 1. The van der Waals surface area contributed by atoms with Gasteiger partial charge < -0.3 is 9.88 Å². The summed E-state index contributed by atoms with van der Waals surface area (Å²) in [5.74, 6) is 1.21. The predicted octanol–water partition coefficient (Wildman–Crippen LogP) is 4.93. The van der Waals surface area contributed by atoms with Crippen LogP contribution in [0, 0.1) is 12.8 Å². The van der Waals surface area contributed by atoms with Crippen molar-refractivity contribution in [2.45, 2.75) is 27.3 Å². The van der Waals surface area contributed by atoms with Crippen molar-refractivity contribution in [3.8, 4) is 0 Å². The number of imidazole rings is 1. The van der Waals surface area contributed by atoms with E-state index in [-0.39, 0.29) is 5.91 Å². The molecule has 0 aliphatic carbocycles. The maximum Gasteiger partial charge on any atom is 0.254 e. The Kier molecular flexibility index (Phi) is 5.23. The largest absolute Gasteiger partial charge is 0.340 e. The Morgan fingerprint density at radius 2 is 2.00 bits per heavy atom. The first-order chi connectivity index (χ1) is 11.9. The Labute approximate surface area is 156 Å². The zero-order chi connectivity index (χ0) is 18.0. The van der Waals surface area contributed by atoms with Crippen LogP contribution in [0.1, 0.15) is 35.6 Å². The van der Waals surface area contributed by atoms with Crippen LogP contribution in [0.15, 0.2) is 46.9 Å². The number of nitrogens with zero attached hydrogens (tertiary/aromatic N) is 2. The molecule has 25 heavy (non-hydrogen) atoms. The Bertz CT molecular complexity index is 868. The lowest BCUT2D eigenvalue weighted by Crippen LogP contribution is -2.34. The molecule has 0 aliphatic rings. The molecule has 0 radical (unpaired) electrons. The van der Waals surface area contributed by atoms with E-state index in [1.165, 1.54) is 0 Å². The zero-order valence-electron chi connectivity index (χ0n) is 14.7. The van der Waals surface area contributed by atoms with Gasteiger partial charge in [0.2, 0.25) is 0 Å². The summed E-state index contributed by atoms with van der Waals surface area (Å²) in [5, 5.41) is 0. The average molecular weight is 400 g/mol. The van der Waals surface area contributed by atoms with Gasteiger partial charge in [0.05, 0.1) is 17.6 Å². The summed E-state index contributed by atoms with van der Waals surface area (Å²) in [6.45, 7) is 7.39. The van der Waals surface area contributed by atoms with Gasteiger partial charge in [-0.05, 0) is 42.7 Å². The van der Waals surface area contributed by atoms with Gasteiger partial charge in [-0.25, -0.2) is 4.98 Å². The summed E-state index contributed by atoms with van der Waals surface area (Å²) in [7, 11) is 0. The van der Waals surface area contributed by atoms with Crippen LogP contribution in [0.25, 0.3) is 11.0 Å². The number of amides is 1. The number of halogens is 1. The van der Waals surface area contributed by atoms with E-state index in [9.17, 15) is 4.79 Å². The van der Waals surface area contributed by atoms with Crippen LogP contribution in [-0.2, 0) is 6.54 Å². The van der Waals surface area contributed by atoms with E-state index in [1.807, 2.05) is 54.3 Å². The van der Waals surface area contributed by atoms with Gasteiger partial charge in [-0.3, -0.25) is 4.79 Å². The summed E-state index contributed by atoms with van der Waals surface area (Å²) in [4.78, 5) is 22.8. The maximum absolute atomic E-state index is 13.0. The molecular formula is C20H22BrN3O. The highest BCUT2D eigenvalue weighted by Crippen LogP contribution is 2.20. The molecule has 0 saturated heterocycles. The van der Waals surface area contributed by atoms with E-state index < -0.39 is 0 Å². The standard InChI is InChI=1S/C20H22BrN3O/c1-13(2)11-24(20(25)15-9-8-14(3)16(21)10-15)12-19-22-17-6-4-5-7-18(17)23-19/h4-10,13H,11-12H2,1-3H3,(H,22,23). The van der Waals surface area contributed by atoms with Gasteiger partial charge in [-0.2, -0.15) is 0 Å². The molecule has 1 amide bonds. The second-order valence-electron chi connectivity index (χ2n) is 6.74. The first kappa shape index (κ1) is 17.7. The molecule has 2 aromatic carbocycles. The third-order valence-electron chi connectivity index (χ3n) is 4.07. The fourth-order valence-corrected chi connectivity index (χ4v) is 3.21. The van der Waals surface area contributed by atoms with Gasteiger partial charge in [0.15, 0.2) is 0 Å². The molecule has 0 fully saturated rings. The average Bonchev–Trinajstić information content (AvgIpc) is 2.98. The van der Waals surface area contributed by atoms with Gasteiger partial charge >= 0.3 is 0 Å². The number of nitrogens with one attached hydrogen (secondary N) is 1. The molecule has 0 unspecified atom stereocenters. The number of fused-ring (bicyclic) bond motifs is 1. The highest BCUT2D eigenvalue weighted by molar-refractivity contribution is 9.10. The smallest absolute Gasteiger partial charge is 0.254 e. The number of carbonyl (C=O) groups is 1. The van der Waals surface area contributed by atoms with Gasteiger partial charge in [0.1, 0.15) is 5.82 Å². The van der Waals surface area contributed by atoms with Crippen LogP contribution < -0.4 is 0 Å². The number of rotatable bonds is 5. The maximum atomic E-state index is 13.0. The van der Waals surface area contributed by atoms with E-state index in [4.69, 9.17) is 0 Å². The van der Waals surface area contributed by atoms with Crippen LogP contribution >= 0.6 is 15.9 Å². The van der Waals surface area contributed by atoms with E-state index in [0.717, 1.165) is 26.9 Å². The van der Waals surface area contributed by atoms with Crippen molar-refractivity contribution < 1.29 is 4.79 Å². The van der Waals surface area contributed by atoms with Crippen LogP contribution in [-0.4, -0.2) is 27.3 Å². The predicted molar refractivity (Wildman–Crippen MR) is 105 cm³/mol. The second-order valence-corrected chi connectivity index (χ2v) is 7.60. The number of aryl methyl sites for hydroxylation is 1. The van der Waals surface area contributed by atoms with Crippen molar-refractivity contribution in [2.24, 2.45) is 5.92 Å². The van der Waals surface area contributed by atoms with Crippen molar-refractivity contribution in [3.63, 3.8) is 0 Å². The van der Waals surface area contributed by atoms with Gasteiger partial charge in [0, 0.05) is 16.6 Å². The molecule has 3 rings (SSSR count). The SMILES string of the molecule is Cc1ccc(C(=O)N(Cc2nc3ccccc3[nH]2)CC(C)C)cc1Br. The van der Waals surface area contributed by atoms with Crippen molar-refractivity contribution in [1.29, 1.82) is 0 Å². The molecular weight excluding hydrogens is 378 g/mol. The van der Waals surface area contributed by atoms with Crippen LogP contribution in [0.2, 0.25) is 0 Å². The highest BCUT2D eigenvalue weighted by atomic mass is 79.9. The third kappa shape index (κ3) is 4.10. The van der Waals surface area contributed by atoms with Gasteiger partial charge in [-0.1, -0.05) is 48.0 Å². The van der Waals surface area contributed by atoms with Crippen molar-refractivity contribution >= 4 is 32.9 Å². The Morgan fingerprint density at radius 3 is 2.68 bits per heavy atom. The number of aromatic nitrogens is 2. The van der Waals surface area contributed by atoms with Gasteiger partial charge in [0.25, 0.3) is 5.91 Å². The Morgan fingerprint density at radius 1 is 1.24 bits per heavy atom. The molecule has 0 aliphatic heterocycles. The normalized spacial score (nSPS) is 11.2. The number of carbonyl (C=O) groups excluding carboxylic acids is 1. The summed E-state index contributed by atoms with van der Waals surface area (Å²) in [6.07, 6.45) is 0. The molecule has 1 aromatic heterocycles. The molecule has 3 aromatic rings. The van der Waals surface area contributed by atoms with Crippen molar-refractivity contribution in [2.75, 3.05) is 6.54 Å². The fraction of sp³-hybridized carbons (Fsp3) is 0.300. The summed E-state index contributed by atoms with van der Waals surface area (Å²) in [5.41, 5.74) is 3.72. The van der Waals surface area contributed by atoms with E-state index >= 15 is 0 Å². The number of hydrogen-bond donors (Lipinski definition) is 1. The minimum Gasteiger partial charge on any atom is -0.340 e. The molecule has 1 N–H and O–H groups in total. The van der Waals surface area contributed by atoms with Crippen molar-refractivity contribution in [1.82, 2.24) is 14.9 Å². The molecule has 0 atom stereocenters. The Hall–Kier alpha value is -2.14. The number of benzene rings is 2. The third-order valence-corrected chi connectivity index (χ3v) is 4.92. The number of para-hydroxylation sites is 2. The molecule has 5 heteroatoms. The summed E-state index contributed by atoms with van der Waals surface area (Å²) in [6, 6.07) is 13.7. The van der Waals surface area contributed by atoms with Crippen LogP contribution in [0.4, 0.5) is 0 Å². The first-order valence-corrected chi connectivity index (χ1v) is 9.22. The lowest BCUT2D eigenvalue weighted by molar-refractivity contribution is 0.0718. The first-order valence-electron chi connectivity index (χ1n) is 8.43. The second kappa shape index (κ2) is 7.40. The van der Waals surface area contributed by atoms with E-state index in [2.05, 4.69) is 39.7 Å². The molecule has 0 spiro atoms. The monoisotopic (exact) mass is 399 g/mol. The minimum atomic E-state index is 0.0230. The van der Waals surface area contributed by atoms with Crippen LogP contribution in [0.5, 0.6) is 0 Å². The molecule has 0 saturated carbocycles.